The van der Waals surface area contributed by atoms with Crippen LogP contribution in [0.2, 0.25) is 0 Å². The van der Waals surface area contributed by atoms with Crippen LogP contribution >= 0.6 is 0 Å². The summed E-state index contributed by atoms with van der Waals surface area (Å²) in [5.74, 6) is 0.675. The van der Waals surface area contributed by atoms with Crippen LogP contribution in [0.3, 0.4) is 0 Å². The summed E-state index contributed by atoms with van der Waals surface area (Å²) in [6.07, 6.45) is 0. The predicted molar refractivity (Wildman–Crippen MR) is 227 cm³/mol. The molecule has 2 heterocycles. The van der Waals surface area contributed by atoms with Crippen LogP contribution in [-0.2, 0) is 5.41 Å². The van der Waals surface area contributed by atoms with Crippen LogP contribution in [-0.4, -0.2) is 9.97 Å². The molecule has 2 aliphatic rings. The van der Waals surface area contributed by atoms with Gasteiger partial charge in [-0.2, -0.15) is 0 Å². The predicted octanol–water partition coefficient (Wildman–Crippen LogP) is 13.4. The van der Waals surface area contributed by atoms with Crippen molar-refractivity contribution >= 4 is 21.9 Å². The summed E-state index contributed by atoms with van der Waals surface area (Å²) in [6, 6.07) is 69.8. The Morgan fingerprint density at radius 1 is 0.321 bits per heavy atom. The molecule has 0 fully saturated rings. The fourth-order valence-corrected chi connectivity index (χ4v) is 9.56. The minimum absolute atomic E-state index is 0.531. The van der Waals surface area contributed by atoms with Crippen molar-refractivity contribution in [3.8, 4) is 67.3 Å². The lowest BCUT2D eigenvalue weighted by molar-refractivity contribution is 0.669. The van der Waals surface area contributed by atoms with E-state index in [0.29, 0.717) is 5.82 Å². The Kier molecular flexibility index (Phi) is 6.55. The Morgan fingerprint density at radius 3 is 1.52 bits per heavy atom. The fraction of sp³-hybridized carbons (Fsp3) is 0.0189. The second kappa shape index (κ2) is 11.8. The first-order valence-electron chi connectivity index (χ1n) is 19.2. The molecule has 3 nitrogen and oxygen atoms in total. The molecule has 56 heavy (non-hydrogen) atoms. The van der Waals surface area contributed by atoms with Crippen LogP contribution in [0.25, 0.3) is 89.2 Å². The minimum Gasteiger partial charge on any atom is -0.456 e. The Labute approximate surface area is 324 Å². The topological polar surface area (TPSA) is 38.9 Å². The highest BCUT2D eigenvalue weighted by molar-refractivity contribution is 6.06. The third-order valence-corrected chi connectivity index (χ3v) is 11.9. The first-order valence-corrected chi connectivity index (χ1v) is 19.2. The summed E-state index contributed by atoms with van der Waals surface area (Å²) >= 11 is 0. The fourth-order valence-electron chi connectivity index (χ4n) is 9.56. The van der Waals surface area contributed by atoms with Gasteiger partial charge in [0.15, 0.2) is 5.82 Å². The Hall–Kier alpha value is -7.36. The van der Waals surface area contributed by atoms with Gasteiger partial charge in [0.25, 0.3) is 0 Å². The van der Waals surface area contributed by atoms with Crippen LogP contribution in [0.15, 0.2) is 199 Å². The molecule has 0 bridgehead atoms. The third-order valence-electron chi connectivity index (χ3n) is 11.9. The van der Waals surface area contributed by atoms with Crippen molar-refractivity contribution in [1.82, 2.24) is 9.97 Å². The van der Waals surface area contributed by atoms with Gasteiger partial charge in [0, 0.05) is 27.5 Å². The van der Waals surface area contributed by atoms with Crippen LogP contribution < -0.4 is 0 Å². The second-order valence-corrected chi connectivity index (χ2v) is 14.8. The van der Waals surface area contributed by atoms with E-state index in [1.807, 2.05) is 18.2 Å². The monoisotopic (exact) mass is 712 g/mol. The number of furan rings is 1. The van der Waals surface area contributed by atoms with Gasteiger partial charge in [-0.3, -0.25) is 0 Å². The van der Waals surface area contributed by atoms with Crippen molar-refractivity contribution in [2.24, 2.45) is 0 Å². The standard InChI is InChI=1S/C53H32N2O/c1-2-14-33(15-3-1)48-32-49(34-26-28-42-41-21-9-13-25-50(41)56-51(42)31-34)55-52(54-48)35-27-29-47-43(30-35)37-17-5-4-16-36(37)38-18-6-10-22-44(38)53(47)45-23-11-7-19-39(45)40-20-8-12-24-46(40)53/h1-32H. The molecule has 2 aromatic heterocycles. The summed E-state index contributed by atoms with van der Waals surface area (Å²) < 4.78 is 6.33. The SMILES string of the molecule is c1ccc(-c2cc(-c3ccc4c(c3)oc3ccccc34)nc(-c3ccc4c(c3)-c3ccccc3-c3ccccc3C43c4ccccc4-c4ccccc43)n2)cc1. The molecular formula is C53H32N2O. The Morgan fingerprint density at radius 2 is 0.821 bits per heavy atom. The van der Waals surface area contributed by atoms with Gasteiger partial charge >= 0.3 is 0 Å². The lowest BCUT2D eigenvalue weighted by Gasteiger charge is -2.35. The zero-order valence-electron chi connectivity index (χ0n) is 30.3. The summed E-state index contributed by atoms with van der Waals surface area (Å²) in [5.41, 5.74) is 18.5. The van der Waals surface area contributed by atoms with Crippen LogP contribution in [0.4, 0.5) is 0 Å². The molecule has 0 atom stereocenters. The number of hydrogen-bond acceptors (Lipinski definition) is 3. The highest BCUT2D eigenvalue weighted by atomic mass is 16.3. The average molecular weight is 713 g/mol. The maximum absolute atomic E-state index is 6.33. The lowest BCUT2D eigenvalue weighted by atomic mass is 9.66. The van der Waals surface area contributed by atoms with E-state index in [2.05, 4.69) is 176 Å². The minimum atomic E-state index is -0.531. The van der Waals surface area contributed by atoms with Gasteiger partial charge in [-0.15, -0.1) is 0 Å². The number of aromatic nitrogens is 2. The first kappa shape index (κ1) is 31.0. The Balaban J connectivity index is 1.13. The van der Waals surface area contributed by atoms with Crippen LogP contribution in [0.1, 0.15) is 22.3 Å². The zero-order valence-corrected chi connectivity index (χ0v) is 30.3. The molecule has 3 heteroatoms. The van der Waals surface area contributed by atoms with E-state index in [0.717, 1.165) is 50.0 Å². The quantitative estimate of drug-likeness (QED) is 0.183. The van der Waals surface area contributed by atoms with Crippen molar-refractivity contribution in [3.63, 3.8) is 0 Å². The molecule has 0 N–H and O–H groups in total. The number of fused-ring (bicyclic) bond motifs is 15. The van der Waals surface area contributed by atoms with Crippen molar-refractivity contribution in [1.29, 1.82) is 0 Å². The van der Waals surface area contributed by atoms with Gasteiger partial charge < -0.3 is 4.42 Å². The number of benzene rings is 8. The van der Waals surface area contributed by atoms with E-state index >= 15 is 0 Å². The highest BCUT2D eigenvalue weighted by Gasteiger charge is 2.49. The third kappa shape index (κ3) is 4.34. The van der Waals surface area contributed by atoms with Gasteiger partial charge in [-0.25, -0.2) is 9.97 Å². The van der Waals surface area contributed by atoms with E-state index in [4.69, 9.17) is 14.4 Å². The molecule has 0 amide bonds. The molecule has 10 aromatic rings. The van der Waals surface area contributed by atoms with Gasteiger partial charge in [0.05, 0.1) is 16.8 Å². The van der Waals surface area contributed by atoms with Crippen molar-refractivity contribution in [3.05, 3.63) is 216 Å². The smallest absolute Gasteiger partial charge is 0.160 e. The molecule has 0 saturated carbocycles. The number of rotatable bonds is 3. The van der Waals surface area contributed by atoms with Crippen molar-refractivity contribution < 1.29 is 4.42 Å². The lowest BCUT2D eigenvalue weighted by Crippen LogP contribution is -2.29. The maximum Gasteiger partial charge on any atom is 0.160 e. The summed E-state index contributed by atoms with van der Waals surface area (Å²) in [7, 11) is 0. The zero-order chi connectivity index (χ0) is 36.8. The van der Waals surface area contributed by atoms with E-state index in [1.165, 1.54) is 55.6 Å². The molecule has 2 aliphatic carbocycles. The molecule has 8 aromatic carbocycles. The van der Waals surface area contributed by atoms with Gasteiger partial charge in [-0.05, 0) is 86.0 Å². The van der Waals surface area contributed by atoms with E-state index in [1.54, 1.807) is 0 Å². The molecular weight excluding hydrogens is 681 g/mol. The summed E-state index contributed by atoms with van der Waals surface area (Å²) in [5, 5.41) is 2.21. The Bertz CT molecular complexity index is 3170. The second-order valence-electron chi connectivity index (χ2n) is 14.8. The van der Waals surface area contributed by atoms with Gasteiger partial charge in [0.2, 0.25) is 0 Å². The molecule has 260 valence electrons. The average Bonchev–Trinajstić information content (AvgIpc) is 3.76. The van der Waals surface area contributed by atoms with Crippen molar-refractivity contribution in [2.75, 3.05) is 0 Å². The van der Waals surface area contributed by atoms with E-state index in [9.17, 15) is 0 Å². The number of nitrogens with zero attached hydrogens (tertiary/aromatic N) is 2. The normalized spacial score (nSPS) is 13.1. The number of hydrogen-bond donors (Lipinski definition) is 0. The van der Waals surface area contributed by atoms with E-state index < -0.39 is 5.41 Å². The maximum atomic E-state index is 6.33. The highest BCUT2D eigenvalue weighted by Crippen LogP contribution is 2.61. The summed E-state index contributed by atoms with van der Waals surface area (Å²) in [6.45, 7) is 0. The largest absolute Gasteiger partial charge is 0.456 e. The molecule has 0 saturated heterocycles. The summed E-state index contributed by atoms with van der Waals surface area (Å²) in [4.78, 5) is 10.6. The molecule has 0 aliphatic heterocycles. The van der Waals surface area contributed by atoms with Gasteiger partial charge in [-0.1, -0.05) is 164 Å². The first-order chi connectivity index (χ1) is 27.8. The van der Waals surface area contributed by atoms with Crippen LogP contribution in [0, 0.1) is 0 Å². The van der Waals surface area contributed by atoms with Gasteiger partial charge in [0.1, 0.15) is 11.2 Å². The molecule has 0 unspecified atom stereocenters. The molecule has 12 rings (SSSR count). The molecule has 1 spiro atoms. The molecule has 0 radical (unpaired) electrons. The number of para-hydroxylation sites is 1. The van der Waals surface area contributed by atoms with Crippen LogP contribution in [0.5, 0.6) is 0 Å². The van der Waals surface area contributed by atoms with E-state index in [-0.39, 0.29) is 0 Å². The van der Waals surface area contributed by atoms with Crippen molar-refractivity contribution in [2.45, 2.75) is 5.41 Å².